The van der Waals surface area contributed by atoms with Crippen LogP contribution in [0.3, 0.4) is 0 Å². The number of halogens is 3. The Labute approximate surface area is 193 Å². The zero-order valence-electron chi connectivity index (χ0n) is 18.4. The minimum Gasteiger partial charge on any atom is -0.343 e. The molecule has 180 valence electrons. The Balaban J connectivity index is 1.62. The van der Waals surface area contributed by atoms with Gasteiger partial charge in [0.25, 0.3) is 0 Å². The molecule has 1 saturated carbocycles. The van der Waals surface area contributed by atoms with Crippen molar-refractivity contribution in [3.05, 3.63) is 64.5 Å². The highest BCUT2D eigenvalue weighted by atomic mass is 32.2. The average Bonchev–Trinajstić information content (AvgIpc) is 3.47. The second-order valence-corrected chi connectivity index (χ2v) is 11.1. The first-order chi connectivity index (χ1) is 16.0. The molecule has 0 spiro atoms. The van der Waals surface area contributed by atoms with Crippen LogP contribution in [0.4, 0.5) is 13.2 Å². The van der Waals surface area contributed by atoms with Crippen molar-refractivity contribution in [3.63, 3.8) is 0 Å². The lowest BCUT2D eigenvalue weighted by atomic mass is 10.1. The van der Waals surface area contributed by atoms with Crippen molar-refractivity contribution < 1.29 is 21.6 Å². The number of benzene rings is 1. The fraction of sp³-hybridized carbons (Fsp3) is 0.391. The lowest BCUT2D eigenvalue weighted by Crippen LogP contribution is -2.25. The number of nitrogens with zero attached hydrogens (tertiary/aromatic N) is 4. The molecule has 0 atom stereocenters. The van der Waals surface area contributed by atoms with Gasteiger partial charge < -0.3 is 4.57 Å². The summed E-state index contributed by atoms with van der Waals surface area (Å²) < 4.78 is 68.3. The molecule has 1 fully saturated rings. The van der Waals surface area contributed by atoms with E-state index in [1.165, 1.54) is 6.07 Å². The van der Waals surface area contributed by atoms with Crippen molar-refractivity contribution in [1.29, 1.82) is 0 Å². The molecule has 0 N–H and O–H groups in total. The van der Waals surface area contributed by atoms with E-state index in [4.69, 9.17) is 0 Å². The Morgan fingerprint density at radius 3 is 2.50 bits per heavy atom. The number of pyridine rings is 1. The van der Waals surface area contributed by atoms with Crippen LogP contribution >= 0.6 is 0 Å². The first-order valence-corrected chi connectivity index (χ1v) is 13.0. The number of rotatable bonds is 7. The van der Waals surface area contributed by atoms with Crippen LogP contribution in [0.15, 0.2) is 47.5 Å². The molecule has 5 rings (SSSR count). The molecule has 0 bridgehead atoms. The number of hydrogen-bond donors (Lipinski definition) is 0. The van der Waals surface area contributed by atoms with E-state index in [9.17, 15) is 26.4 Å². The van der Waals surface area contributed by atoms with Crippen LogP contribution < -0.4 is 5.69 Å². The zero-order chi connectivity index (χ0) is 24.3. The normalized spacial score (nSPS) is 14.9. The molecule has 0 amide bonds. The number of imidazole rings is 1. The fourth-order valence-electron chi connectivity index (χ4n) is 4.51. The highest BCUT2D eigenvalue weighted by Crippen LogP contribution is 2.36. The predicted octanol–water partition coefficient (Wildman–Crippen LogP) is 3.99. The molecule has 1 aromatic carbocycles. The van der Waals surface area contributed by atoms with E-state index in [-0.39, 0.29) is 24.0 Å². The van der Waals surface area contributed by atoms with Crippen LogP contribution in [-0.4, -0.2) is 39.1 Å². The van der Waals surface area contributed by atoms with Gasteiger partial charge in [-0.05, 0) is 49.6 Å². The minimum absolute atomic E-state index is 0.0440. The van der Waals surface area contributed by atoms with Gasteiger partial charge in [0, 0.05) is 41.6 Å². The number of hydrogen-bond acceptors (Lipinski definition) is 4. The summed E-state index contributed by atoms with van der Waals surface area (Å²) in [7, 11) is -3.19. The number of sulfone groups is 1. The van der Waals surface area contributed by atoms with Crippen molar-refractivity contribution in [3.8, 4) is 0 Å². The molecule has 34 heavy (non-hydrogen) atoms. The maximum atomic E-state index is 13.3. The van der Waals surface area contributed by atoms with Crippen molar-refractivity contribution in [2.24, 2.45) is 0 Å². The molecule has 11 heteroatoms. The lowest BCUT2D eigenvalue weighted by molar-refractivity contribution is -0.137. The van der Waals surface area contributed by atoms with Crippen LogP contribution in [-0.2, 0) is 29.1 Å². The summed E-state index contributed by atoms with van der Waals surface area (Å²) >= 11 is 0. The Kier molecular flexibility index (Phi) is 5.34. The molecular formula is C23H23F3N4O3S. The van der Waals surface area contributed by atoms with Gasteiger partial charge in [0.15, 0.2) is 0 Å². The van der Waals surface area contributed by atoms with Gasteiger partial charge in [0.2, 0.25) is 0 Å². The third-order valence-electron chi connectivity index (χ3n) is 6.21. The van der Waals surface area contributed by atoms with E-state index in [1.54, 1.807) is 33.7 Å². The van der Waals surface area contributed by atoms with Crippen LogP contribution in [0.25, 0.3) is 21.9 Å². The Bertz CT molecular complexity index is 1560. The number of aromatic nitrogens is 4. The minimum atomic E-state index is -4.48. The molecular weight excluding hydrogens is 469 g/mol. The van der Waals surface area contributed by atoms with Gasteiger partial charge >= 0.3 is 11.9 Å². The third-order valence-corrected chi connectivity index (χ3v) is 7.24. The van der Waals surface area contributed by atoms with Gasteiger partial charge in [0.05, 0.1) is 35.1 Å². The maximum Gasteiger partial charge on any atom is 0.416 e. The molecule has 0 aliphatic heterocycles. The quantitative estimate of drug-likeness (QED) is 0.391. The Hall–Kier alpha value is -3.08. The fourth-order valence-corrected chi connectivity index (χ4v) is 5.16. The predicted molar refractivity (Wildman–Crippen MR) is 123 cm³/mol. The maximum absolute atomic E-state index is 13.3. The standard InChI is InChI=1S/C23H23F3N4O3S/c1-34(32,33)10-2-9-28-18(12-15-11-16(23(24,25)26)3-6-19(15)28)14-29-21-13-27-8-7-20(21)30(22(29)31)17-4-5-17/h3,6-8,11-13,17H,2,4-5,9-10,14H2,1H3. The van der Waals surface area contributed by atoms with Gasteiger partial charge in [-0.25, -0.2) is 13.2 Å². The highest BCUT2D eigenvalue weighted by Gasteiger charge is 2.31. The van der Waals surface area contributed by atoms with Crippen LogP contribution in [0.1, 0.15) is 36.6 Å². The van der Waals surface area contributed by atoms with Crippen molar-refractivity contribution >= 4 is 31.8 Å². The molecule has 4 aromatic rings. The second kappa shape index (κ2) is 8.00. The summed E-state index contributed by atoms with van der Waals surface area (Å²) in [6.45, 7) is 0.432. The van der Waals surface area contributed by atoms with Gasteiger partial charge in [-0.15, -0.1) is 0 Å². The van der Waals surface area contributed by atoms with Gasteiger partial charge in [0.1, 0.15) is 9.84 Å². The molecule has 1 aliphatic rings. The number of fused-ring (bicyclic) bond motifs is 2. The van der Waals surface area contributed by atoms with Crippen LogP contribution in [0, 0.1) is 0 Å². The van der Waals surface area contributed by atoms with Gasteiger partial charge in [-0.1, -0.05) is 0 Å². The number of alkyl halides is 3. The topological polar surface area (TPSA) is 78.9 Å². The monoisotopic (exact) mass is 492 g/mol. The Morgan fingerprint density at radius 1 is 1.06 bits per heavy atom. The summed E-state index contributed by atoms with van der Waals surface area (Å²) in [5.74, 6) is -0.0440. The SMILES string of the molecule is CS(=O)(=O)CCCn1c(Cn2c(=O)n(C3CC3)c3ccncc32)cc2cc(C(F)(F)F)ccc21. The van der Waals surface area contributed by atoms with Crippen molar-refractivity contribution in [2.45, 2.75) is 44.6 Å². The van der Waals surface area contributed by atoms with E-state index in [0.717, 1.165) is 36.7 Å². The summed E-state index contributed by atoms with van der Waals surface area (Å²) in [6, 6.07) is 7.10. The summed E-state index contributed by atoms with van der Waals surface area (Å²) in [4.78, 5) is 17.5. The first-order valence-electron chi connectivity index (χ1n) is 10.9. The molecule has 3 heterocycles. The molecule has 3 aromatic heterocycles. The van der Waals surface area contributed by atoms with Crippen molar-refractivity contribution in [1.82, 2.24) is 18.7 Å². The highest BCUT2D eigenvalue weighted by molar-refractivity contribution is 7.90. The molecule has 7 nitrogen and oxygen atoms in total. The van der Waals surface area contributed by atoms with Crippen LogP contribution in [0.2, 0.25) is 0 Å². The lowest BCUT2D eigenvalue weighted by Gasteiger charge is -2.12. The van der Waals surface area contributed by atoms with Gasteiger partial charge in [-0.3, -0.25) is 14.1 Å². The van der Waals surface area contributed by atoms with Crippen molar-refractivity contribution in [2.75, 3.05) is 12.0 Å². The average molecular weight is 493 g/mol. The second-order valence-electron chi connectivity index (χ2n) is 8.88. The summed E-state index contributed by atoms with van der Waals surface area (Å²) in [6.07, 6.45) is 2.07. The third kappa shape index (κ3) is 4.24. The molecule has 0 radical (unpaired) electrons. The largest absolute Gasteiger partial charge is 0.416 e. The molecule has 0 unspecified atom stereocenters. The van der Waals surface area contributed by atoms with Crippen LogP contribution in [0.5, 0.6) is 0 Å². The van der Waals surface area contributed by atoms with Gasteiger partial charge in [-0.2, -0.15) is 13.2 Å². The number of aryl methyl sites for hydroxylation is 1. The van der Waals surface area contributed by atoms with E-state index < -0.39 is 21.6 Å². The van der Waals surface area contributed by atoms with E-state index in [0.29, 0.717) is 35.1 Å². The summed E-state index contributed by atoms with van der Waals surface area (Å²) in [5.41, 5.74) is 1.68. The molecule has 0 saturated heterocycles. The molecule has 1 aliphatic carbocycles. The summed E-state index contributed by atoms with van der Waals surface area (Å²) in [5, 5.41) is 0.390. The van der Waals surface area contributed by atoms with E-state index >= 15 is 0 Å². The Morgan fingerprint density at radius 2 is 1.82 bits per heavy atom. The zero-order valence-corrected chi connectivity index (χ0v) is 19.2. The first kappa shape index (κ1) is 22.7. The van der Waals surface area contributed by atoms with E-state index in [2.05, 4.69) is 4.98 Å². The van der Waals surface area contributed by atoms with E-state index in [1.807, 2.05) is 4.57 Å². The smallest absolute Gasteiger partial charge is 0.343 e.